The normalized spacial score (nSPS) is 11.5. The van der Waals surface area contributed by atoms with E-state index in [-0.39, 0.29) is 5.56 Å². The van der Waals surface area contributed by atoms with Gasteiger partial charge in [0.25, 0.3) is 0 Å². The zero-order valence-electron chi connectivity index (χ0n) is 21.7. The summed E-state index contributed by atoms with van der Waals surface area (Å²) in [6.45, 7) is 2.05. The minimum absolute atomic E-state index is 0.286. The van der Waals surface area contributed by atoms with Gasteiger partial charge in [0.15, 0.2) is 17.5 Å². The molecule has 7 aromatic rings. The number of fused-ring (bicyclic) bond motifs is 3. The third-order valence-corrected chi connectivity index (χ3v) is 7.72. The number of halogens is 3. The molecule has 0 N–H and O–H groups in total. The van der Waals surface area contributed by atoms with Crippen LogP contribution in [0, 0.1) is 24.4 Å². The number of rotatable bonds is 3. The number of hydrogen-bond donors (Lipinski definition) is 0. The summed E-state index contributed by atoms with van der Waals surface area (Å²) in [5.41, 5.74) is 6.32. The summed E-state index contributed by atoms with van der Waals surface area (Å²) in [4.78, 5) is 0. The molecule has 0 amide bonds. The quantitative estimate of drug-likeness (QED) is 0.159. The lowest BCUT2D eigenvalue weighted by molar-refractivity contribution is 0.448. The number of hydrogen-bond acceptors (Lipinski definition) is 0. The van der Waals surface area contributed by atoms with Gasteiger partial charge in [-0.3, -0.25) is 0 Å². The van der Waals surface area contributed by atoms with Crippen LogP contribution in [0.1, 0.15) is 5.56 Å². The maximum Gasteiger partial charge on any atom is 0.194 e. The summed E-state index contributed by atoms with van der Waals surface area (Å²) in [7, 11) is 0. The fraction of sp³-hybridized carbons (Fsp3) is 0.0270. The average Bonchev–Trinajstić information content (AvgIpc) is 2.98. The first-order chi connectivity index (χ1) is 19.5. The highest BCUT2D eigenvalue weighted by Crippen LogP contribution is 2.45. The van der Waals surface area contributed by atoms with Crippen molar-refractivity contribution in [3.8, 4) is 33.4 Å². The topological polar surface area (TPSA) is 0 Å². The zero-order valence-corrected chi connectivity index (χ0v) is 21.7. The molecule has 40 heavy (non-hydrogen) atoms. The van der Waals surface area contributed by atoms with Crippen LogP contribution in [-0.4, -0.2) is 0 Å². The Morgan fingerprint density at radius 1 is 0.400 bits per heavy atom. The Labute approximate surface area is 230 Å². The van der Waals surface area contributed by atoms with Crippen LogP contribution in [0.4, 0.5) is 13.2 Å². The maximum absolute atomic E-state index is 14.2. The first-order valence-corrected chi connectivity index (χ1v) is 13.2. The summed E-state index contributed by atoms with van der Waals surface area (Å²) in [5.74, 6) is -3.87. The van der Waals surface area contributed by atoms with Crippen molar-refractivity contribution < 1.29 is 13.2 Å². The van der Waals surface area contributed by atoms with Gasteiger partial charge in [0.05, 0.1) is 0 Å². The van der Waals surface area contributed by atoms with Gasteiger partial charge in [-0.1, -0.05) is 103 Å². The highest BCUT2D eigenvalue weighted by atomic mass is 19.2. The lowest BCUT2D eigenvalue weighted by Crippen LogP contribution is -1.94. The van der Waals surface area contributed by atoms with Crippen LogP contribution in [-0.2, 0) is 0 Å². The van der Waals surface area contributed by atoms with Crippen LogP contribution in [0.5, 0.6) is 0 Å². The molecule has 0 unspecified atom stereocenters. The summed E-state index contributed by atoms with van der Waals surface area (Å²) in [6.07, 6.45) is 0. The van der Waals surface area contributed by atoms with Gasteiger partial charge in [0, 0.05) is 0 Å². The van der Waals surface area contributed by atoms with Crippen LogP contribution in [0.2, 0.25) is 0 Å². The Morgan fingerprint density at radius 2 is 0.950 bits per heavy atom. The van der Waals surface area contributed by atoms with Gasteiger partial charge in [-0.25, -0.2) is 13.2 Å². The molecule has 0 aliphatic carbocycles. The Morgan fingerprint density at radius 3 is 1.65 bits per heavy atom. The minimum Gasteiger partial charge on any atom is -0.204 e. The highest BCUT2D eigenvalue weighted by Gasteiger charge is 2.19. The summed E-state index contributed by atoms with van der Waals surface area (Å²) in [6, 6.07) is 39.5. The van der Waals surface area contributed by atoms with Gasteiger partial charge in [0.1, 0.15) is 0 Å². The fourth-order valence-electron chi connectivity index (χ4n) is 5.77. The monoisotopic (exact) mass is 524 g/mol. The van der Waals surface area contributed by atoms with Crippen molar-refractivity contribution in [2.24, 2.45) is 0 Å². The Balaban J connectivity index is 1.61. The predicted octanol–water partition coefficient (Wildman–Crippen LogP) is 10.9. The van der Waals surface area contributed by atoms with Crippen molar-refractivity contribution in [3.63, 3.8) is 0 Å². The first kappa shape index (κ1) is 24.2. The van der Waals surface area contributed by atoms with Gasteiger partial charge in [0.2, 0.25) is 0 Å². The average molecular weight is 525 g/mol. The van der Waals surface area contributed by atoms with E-state index in [2.05, 4.69) is 79.7 Å². The summed E-state index contributed by atoms with van der Waals surface area (Å²) >= 11 is 0. The maximum atomic E-state index is 14.2. The van der Waals surface area contributed by atoms with Crippen molar-refractivity contribution in [2.75, 3.05) is 0 Å². The summed E-state index contributed by atoms with van der Waals surface area (Å²) < 4.78 is 42.2. The molecule has 0 saturated heterocycles. The molecule has 0 spiro atoms. The largest absolute Gasteiger partial charge is 0.204 e. The molecular weight excluding hydrogens is 501 g/mol. The molecule has 0 nitrogen and oxygen atoms in total. The third-order valence-electron chi connectivity index (χ3n) is 7.72. The van der Waals surface area contributed by atoms with Crippen LogP contribution in [0.15, 0.2) is 121 Å². The fourth-order valence-corrected chi connectivity index (χ4v) is 5.77. The molecule has 0 saturated carbocycles. The standard InChI is InChI=1S/C37H23F3/c1-22-10-12-24(13-11-22)35-29-8-4-5-9-30(29)36(27-15-14-23-6-2-3-7-25(23)18-27)31-17-16-26(19-32(31)35)28-20-33(38)37(40)34(39)21-28/h2-21H,1H3. The molecule has 0 bridgehead atoms. The molecule has 0 atom stereocenters. The molecule has 0 aliphatic rings. The molecule has 192 valence electrons. The second kappa shape index (κ2) is 9.39. The lowest BCUT2D eigenvalue weighted by atomic mass is 9.84. The molecular formula is C37H23F3. The number of aryl methyl sites for hydroxylation is 1. The van der Waals surface area contributed by atoms with Gasteiger partial charge in [-0.05, 0) is 96.9 Å². The van der Waals surface area contributed by atoms with E-state index in [9.17, 15) is 13.2 Å². The Hall–Kier alpha value is -4.89. The highest BCUT2D eigenvalue weighted by molar-refractivity contribution is 6.22. The van der Waals surface area contributed by atoms with Crippen LogP contribution >= 0.6 is 0 Å². The van der Waals surface area contributed by atoms with Crippen LogP contribution in [0.3, 0.4) is 0 Å². The van der Waals surface area contributed by atoms with Crippen molar-refractivity contribution in [1.82, 2.24) is 0 Å². The molecule has 0 aromatic heterocycles. The van der Waals surface area contributed by atoms with Crippen molar-refractivity contribution in [3.05, 3.63) is 144 Å². The van der Waals surface area contributed by atoms with Crippen molar-refractivity contribution >= 4 is 32.3 Å². The molecule has 0 fully saturated rings. The van der Waals surface area contributed by atoms with E-state index >= 15 is 0 Å². The van der Waals surface area contributed by atoms with Crippen molar-refractivity contribution in [1.29, 1.82) is 0 Å². The first-order valence-electron chi connectivity index (χ1n) is 13.2. The smallest absolute Gasteiger partial charge is 0.194 e. The van der Waals surface area contributed by atoms with E-state index in [0.29, 0.717) is 5.56 Å². The molecule has 0 heterocycles. The van der Waals surface area contributed by atoms with Gasteiger partial charge in [-0.2, -0.15) is 0 Å². The van der Waals surface area contributed by atoms with Gasteiger partial charge < -0.3 is 0 Å². The molecule has 7 aromatic carbocycles. The second-order valence-electron chi connectivity index (χ2n) is 10.2. The number of benzene rings is 7. The van der Waals surface area contributed by atoms with E-state index in [4.69, 9.17) is 0 Å². The Kier molecular flexibility index (Phi) is 5.67. The summed E-state index contributed by atoms with van der Waals surface area (Å²) in [5, 5.41) is 6.49. The van der Waals surface area contributed by atoms with Crippen LogP contribution < -0.4 is 0 Å². The van der Waals surface area contributed by atoms with E-state index in [1.165, 1.54) is 5.39 Å². The predicted molar refractivity (Wildman–Crippen MR) is 160 cm³/mol. The van der Waals surface area contributed by atoms with E-state index in [1.54, 1.807) is 0 Å². The Bertz CT molecular complexity index is 2070. The molecule has 0 radical (unpaired) electrons. The van der Waals surface area contributed by atoms with E-state index in [0.717, 1.165) is 66.9 Å². The lowest BCUT2D eigenvalue weighted by Gasteiger charge is -2.19. The molecule has 3 heteroatoms. The van der Waals surface area contributed by atoms with Gasteiger partial charge >= 0.3 is 0 Å². The minimum atomic E-state index is -1.46. The van der Waals surface area contributed by atoms with E-state index < -0.39 is 17.5 Å². The SMILES string of the molecule is Cc1ccc(-c2c3ccccc3c(-c3ccc4ccccc4c3)c3ccc(-c4cc(F)c(F)c(F)c4)cc23)cc1. The second-order valence-corrected chi connectivity index (χ2v) is 10.2. The molecule has 7 rings (SSSR count). The van der Waals surface area contributed by atoms with Gasteiger partial charge in [-0.15, -0.1) is 0 Å². The van der Waals surface area contributed by atoms with Crippen molar-refractivity contribution in [2.45, 2.75) is 6.92 Å². The van der Waals surface area contributed by atoms with Crippen LogP contribution in [0.25, 0.3) is 65.7 Å². The third kappa shape index (κ3) is 3.94. The zero-order chi connectivity index (χ0) is 27.4. The molecule has 0 aliphatic heterocycles. The van der Waals surface area contributed by atoms with E-state index in [1.807, 2.05) is 36.4 Å².